The SMILES string of the molecule is CC(=O)N1C=C1C. The van der Waals surface area contributed by atoms with Gasteiger partial charge in [-0.05, 0) is 6.92 Å². The normalized spacial score (nSPS) is 16.3. The average molecular weight is 97.1 g/mol. The van der Waals surface area contributed by atoms with E-state index in [9.17, 15) is 4.79 Å². The maximum atomic E-state index is 10.3. The van der Waals surface area contributed by atoms with Gasteiger partial charge in [0.1, 0.15) is 0 Å². The minimum absolute atomic E-state index is 0.109. The van der Waals surface area contributed by atoms with Crippen LogP contribution >= 0.6 is 0 Å². The molecule has 1 rings (SSSR count). The average Bonchev–Trinajstić information content (AvgIpc) is 2.17. The fourth-order valence-electron chi connectivity index (χ4n) is 0.497. The van der Waals surface area contributed by atoms with Gasteiger partial charge >= 0.3 is 0 Å². The van der Waals surface area contributed by atoms with Gasteiger partial charge < -0.3 is 0 Å². The third-order valence-electron chi connectivity index (χ3n) is 0.967. The molecular formula is C5H7NO. The first-order valence-electron chi connectivity index (χ1n) is 2.20. The molecule has 1 amide bonds. The van der Waals surface area contributed by atoms with Gasteiger partial charge in [0.15, 0.2) is 0 Å². The molecule has 2 nitrogen and oxygen atoms in total. The van der Waals surface area contributed by atoms with Gasteiger partial charge in [-0.1, -0.05) is 0 Å². The van der Waals surface area contributed by atoms with E-state index in [-0.39, 0.29) is 5.91 Å². The van der Waals surface area contributed by atoms with E-state index in [1.165, 1.54) is 0 Å². The minimum atomic E-state index is 0.109. The molecule has 0 bridgehead atoms. The molecule has 1 aliphatic rings. The second-order valence-electron chi connectivity index (χ2n) is 1.66. The van der Waals surface area contributed by atoms with Crippen molar-refractivity contribution in [2.24, 2.45) is 0 Å². The van der Waals surface area contributed by atoms with Gasteiger partial charge in [-0.25, -0.2) is 0 Å². The molecule has 1 heterocycles. The summed E-state index contributed by atoms with van der Waals surface area (Å²) >= 11 is 0. The lowest BCUT2D eigenvalue weighted by molar-refractivity contribution is -0.122. The van der Waals surface area contributed by atoms with E-state index in [1.807, 2.05) is 13.1 Å². The third-order valence-corrected chi connectivity index (χ3v) is 0.967. The first kappa shape index (κ1) is 4.37. The summed E-state index contributed by atoms with van der Waals surface area (Å²) in [5.74, 6) is 0.109. The highest BCUT2D eigenvalue weighted by molar-refractivity contribution is 5.79. The maximum absolute atomic E-state index is 10.3. The molecule has 38 valence electrons. The summed E-state index contributed by atoms with van der Waals surface area (Å²) in [4.78, 5) is 11.9. The van der Waals surface area contributed by atoms with Crippen LogP contribution in [0.15, 0.2) is 11.9 Å². The Morgan fingerprint density at radius 2 is 2.29 bits per heavy atom. The van der Waals surface area contributed by atoms with Crippen LogP contribution in [0, 0.1) is 0 Å². The number of carbonyl (C=O) groups is 1. The topological polar surface area (TPSA) is 20.1 Å². The summed E-state index contributed by atoms with van der Waals surface area (Å²) in [6, 6.07) is 0. The lowest BCUT2D eigenvalue weighted by Gasteiger charge is -1.91. The highest BCUT2D eigenvalue weighted by Crippen LogP contribution is 2.18. The largest absolute Gasteiger partial charge is 0.289 e. The van der Waals surface area contributed by atoms with Gasteiger partial charge in [-0.15, -0.1) is 0 Å². The highest BCUT2D eigenvalue weighted by atomic mass is 16.2. The Bertz CT molecular complexity index is 137. The van der Waals surface area contributed by atoms with E-state index < -0.39 is 0 Å². The van der Waals surface area contributed by atoms with Crippen LogP contribution in [-0.4, -0.2) is 10.8 Å². The molecule has 0 fully saturated rings. The van der Waals surface area contributed by atoms with Gasteiger partial charge in [0.25, 0.3) is 0 Å². The van der Waals surface area contributed by atoms with Crippen molar-refractivity contribution >= 4 is 5.91 Å². The molecule has 0 aromatic rings. The minimum Gasteiger partial charge on any atom is -0.289 e. The molecule has 0 spiro atoms. The Balaban J connectivity index is 2.39. The van der Waals surface area contributed by atoms with Crippen LogP contribution in [0.3, 0.4) is 0 Å². The van der Waals surface area contributed by atoms with Crippen LogP contribution in [-0.2, 0) is 4.79 Å². The molecule has 0 N–H and O–H groups in total. The molecule has 0 saturated carbocycles. The van der Waals surface area contributed by atoms with Crippen molar-refractivity contribution in [3.05, 3.63) is 11.9 Å². The van der Waals surface area contributed by atoms with E-state index in [0.717, 1.165) is 5.70 Å². The summed E-state index contributed by atoms with van der Waals surface area (Å²) in [6.45, 7) is 3.45. The van der Waals surface area contributed by atoms with Crippen molar-refractivity contribution in [2.75, 3.05) is 0 Å². The van der Waals surface area contributed by atoms with Crippen molar-refractivity contribution in [1.82, 2.24) is 4.90 Å². The highest BCUT2D eigenvalue weighted by Gasteiger charge is 2.18. The van der Waals surface area contributed by atoms with Crippen molar-refractivity contribution in [3.63, 3.8) is 0 Å². The second-order valence-corrected chi connectivity index (χ2v) is 1.66. The fraction of sp³-hybridized carbons (Fsp3) is 0.400. The van der Waals surface area contributed by atoms with Gasteiger partial charge in [-0.3, -0.25) is 9.69 Å². The molecule has 0 aromatic heterocycles. The number of hydrogen-bond acceptors (Lipinski definition) is 1. The first-order chi connectivity index (χ1) is 3.22. The van der Waals surface area contributed by atoms with E-state index in [1.54, 1.807) is 11.8 Å². The molecule has 0 radical (unpaired) electrons. The molecule has 7 heavy (non-hydrogen) atoms. The quantitative estimate of drug-likeness (QED) is 0.436. The molecule has 0 unspecified atom stereocenters. The molecule has 0 aromatic carbocycles. The first-order valence-corrected chi connectivity index (χ1v) is 2.20. The number of amides is 1. The van der Waals surface area contributed by atoms with Crippen molar-refractivity contribution in [2.45, 2.75) is 13.8 Å². The molecule has 0 saturated heterocycles. The second kappa shape index (κ2) is 1.09. The van der Waals surface area contributed by atoms with Crippen LogP contribution in [0.4, 0.5) is 0 Å². The summed E-state index contributed by atoms with van der Waals surface area (Å²) in [7, 11) is 0. The summed E-state index contributed by atoms with van der Waals surface area (Å²) in [5, 5.41) is 0. The number of allylic oxidation sites excluding steroid dienone is 1. The molecule has 0 aliphatic carbocycles. The Kier molecular flexibility index (Phi) is 0.680. The maximum Gasteiger partial charge on any atom is 0.227 e. The molecular weight excluding hydrogens is 90.1 g/mol. The van der Waals surface area contributed by atoms with Gasteiger partial charge in [-0.2, -0.15) is 0 Å². The van der Waals surface area contributed by atoms with E-state index in [2.05, 4.69) is 0 Å². The predicted molar refractivity (Wildman–Crippen MR) is 26.3 cm³/mol. The van der Waals surface area contributed by atoms with Crippen LogP contribution < -0.4 is 0 Å². The summed E-state index contributed by atoms with van der Waals surface area (Å²) in [5.41, 5.74) is 1.06. The predicted octanol–water partition coefficient (Wildman–Crippen LogP) is 0.710. The van der Waals surface area contributed by atoms with E-state index >= 15 is 0 Å². The van der Waals surface area contributed by atoms with Gasteiger partial charge in [0.2, 0.25) is 5.91 Å². The summed E-state index contributed by atoms with van der Waals surface area (Å²) in [6.07, 6.45) is 1.81. The Morgan fingerprint density at radius 1 is 1.86 bits per heavy atom. The number of rotatable bonds is 0. The smallest absolute Gasteiger partial charge is 0.227 e. The standard InChI is InChI=1S/C5H7NO/c1-4-3-6(4)5(2)7/h3H,1-2H3. The summed E-state index contributed by atoms with van der Waals surface area (Å²) < 4.78 is 0. The van der Waals surface area contributed by atoms with Gasteiger partial charge in [0.05, 0.1) is 0 Å². The fourth-order valence-corrected chi connectivity index (χ4v) is 0.497. The molecule has 1 aliphatic heterocycles. The zero-order valence-corrected chi connectivity index (χ0v) is 4.43. The number of hydrogen-bond donors (Lipinski definition) is 0. The lowest BCUT2D eigenvalue weighted by atomic mass is 10.6. The van der Waals surface area contributed by atoms with Crippen LogP contribution in [0.2, 0.25) is 0 Å². The number of nitrogens with zero attached hydrogens (tertiary/aromatic N) is 1. The van der Waals surface area contributed by atoms with Crippen molar-refractivity contribution in [1.29, 1.82) is 0 Å². The van der Waals surface area contributed by atoms with Crippen LogP contribution in [0.25, 0.3) is 0 Å². The third kappa shape index (κ3) is 0.633. The van der Waals surface area contributed by atoms with Gasteiger partial charge in [0, 0.05) is 18.8 Å². The van der Waals surface area contributed by atoms with E-state index in [4.69, 9.17) is 0 Å². The lowest BCUT2D eigenvalue weighted by Crippen LogP contribution is -2.04. The zero-order chi connectivity index (χ0) is 5.44. The van der Waals surface area contributed by atoms with Crippen molar-refractivity contribution < 1.29 is 4.79 Å². The Hall–Kier alpha value is -0.790. The zero-order valence-electron chi connectivity index (χ0n) is 4.43. The van der Waals surface area contributed by atoms with E-state index in [0.29, 0.717) is 0 Å². The molecule has 0 atom stereocenters. The van der Waals surface area contributed by atoms with Crippen molar-refractivity contribution in [3.8, 4) is 0 Å². The number of carbonyl (C=O) groups excluding carboxylic acids is 1. The van der Waals surface area contributed by atoms with Crippen LogP contribution in [0.1, 0.15) is 13.8 Å². The molecule has 2 heteroatoms. The van der Waals surface area contributed by atoms with Crippen LogP contribution in [0.5, 0.6) is 0 Å². The Morgan fingerprint density at radius 3 is 2.29 bits per heavy atom. The monoisotopic (exact) mass is 97.1 g/mol. The Labute approximate surface area is 42.4 Å².